The molecule has 1 aliphatic heterocycles. The standard InChI is InChI=1S/C20H21FN2O3/c1-12(2)22-20(25)15-9-14-10-17(7-8-18(14)26-11-15)23-19(24)13-3-5-16(21)6-4-13/h3-8,10,12,15H,9,11H2,1-2H3,(H,22,25)(H,23,24)/t15-/m1/s1. The first kappa shape index (κ1) is 17.9. The van der Waals surface area contributed by atoms with Crippen LogP contribution in [0.1, 0.15) is 29.8 Å². The van der Waals surface area contributed by atoms with E-state index in [0.717, 1.165) is 11.3 Å². The zero-order chi connectivity index (χ0) is 18.7. The Morgan fingerprint density at radius 3 is 2.58 bits per heavy atom. The summed E-state index contributed by atoms with van der Waals surface area (Å²) in [7, 11) is 0. The van der Waals surface area contributed by atoms with E-state index in [9.17, 15) is 14.0 Å². The van der Waals surface area contributed by atoms with Gasteiger partial charge in [-0.2, -0.15) is 0 Å². The van der Waals surface area contributed by atoms with Gasteiger partial charge in [0.1, 0.15) is 18.2 Å². The lowest BCUT2D eigenvalue weighted by molar-refractivity contribution is -0.126. The lowest BCUT2D eigenvalue weighted by Crippen LogP contribution is -2.40. The second kappa shape index (κ2) is 7.56. The number of halogens is 1. The van der Waals surface area contributed by atoms with E-state index in [0.29, 0.717) is 24.3 Å². The number of amides is 2. The van der Waals surface area contributed by atoms with Crippen LogP contribution in [0.3, 0.4) is 0 Å². The third kappa shape index (κ3) is 4.20. The zero-order valence-electron chi connectivity index (χ0n) is 14.7. The van der Waals surface area contributed by atoms with Crippen molar-refractivity contribution in [2.45, 2.75) is 26.3 Å². The molecule has 0 saturated heterocycles. The van der Waals surface area contributed by atoms with Gasteiger partial charge < -0.3 is 15.4 Å². The molecule has 2 aromatic carbocycles. The van der Waals surface area contributed by atoms with Gasteiger partial charge in [-0.15, -0.1) is 0 Å². The van der Waals surface area contributed by atoms with Crippen LogP contribution in [0, 0.1) is 11.7 Å². The van der Waals surface area contributed by atoms with Crippen molar-refractivity contribution in [3.8, 4) is 5.75 Å². The van der Waals surface area contributed by atoms with Crippen LogP contribution in [-0.4, -0.2) is 24.5 Å². The fourth-order valence-corrected chi connectivity index (χ4v) is 2.85. The number of hydrogen-bond donors (Lipinski definition) is 2. The van der Waals surface area contributed by atoms with E-state index in [1.54, 1.807) is 12.1 Å². The Morgan fingerprint density at radius 1 is 1.15 bits per heavy atom. The molecule has 5 nitrogen and oxygen atoms in total. The first-order valence-electron chi connectivity index (χ1n) is 8.55. The van der Waals surface area contributed by atoms with Gasteiger partial charge in [-0.25, -0.2) is 4.39 Å². The van der Waals surface area contributed by atoms with Crippen LogP contribution in [0.4, 0.5) is 10.1 Å². The summed E-state index contributed by atoms with van der Waals surface area (Å²) in [6.45, 7) is 4.17. The van der Waals surface area contributed by atoms with Crippen molar-refractivity contribution in [3.05, 3.63) is 59.4 Å². The lowest BCUT2D eigenvalue weighted by atomic mass is 9.95. The zero-order valence-corrected chi connectivity index (χ0v) is 14.7. The number of carbonyl (C=O) groups is 2. The molecule has 0 spiro atoms. The number of rotatable bonds is 4. The van der Waals surface area contributed by atoms with Crippen molar-refractivity contribution in [3.63, 3.8) is 0 Å². The molecule has 26 heavy (non-hydrogen) atoms. The molecule has 2 aromatic rings. The van der Waals surface area contributed by atoms with Gasteiger partial charge in [0.15, 0.2) is 0 Å². The first-order chi connectivity index (χ1) is 12.4. The fourth-order valence-electron chi connectivity index (χ4n) is 2.85. The van der Waals surface area contributed by atoms with Crippen LogP contribution < -0.4 is 15.4 Å². The molecule has 136 valence electrons. The Hall–Kier alpha value is -2.89. The second-order valence-corrected chi connectivity index (χ2v) is 6.66. The van der Waals surface area contributed by atoms with Gasteiger partial charge in [0, 0.05) is 17.3 Å². The topological polar surface area (TPSA) is 67.4 Å². The van der Waals surface area contributed by atoms with Crippen LogP contribution in [0.5, 0.6) is 5.75 Å². The molecule has 0 radical (unpaired) electrons. The molecule has 2 N–H and O–H groups in total. The minimum atomic E-state index is -0.391. The SMILES string of the molecule is CC(C)NC(=O)[C@H]1COc2ccc(NC(=O)c3ccc(F)cc3)cc2C1. The molecule has 0 aromatic heterocycles. The van der Waals surface area contributed by atoms with Crippen molar-refractivity contribution >= 4 is 17.5 Å². The van der Waals surface area contributed by atoms with Crippen LogP contribution >= 0.6 is 0 Å². The molecule has 0 aliphatic carbocycles. The highest BCUT2D eigenvalue weighted by molar-refractivity contribution is 6.04. The summed E-state index contributed by atoms with van der Waals surface area (Å²) in [4.78, 5) is 24.5. The monoisotopic (exact) mass is 356 g/mol. The van der Waals surface area contributed by atoms with E-state index in [4.69, 9.17) is 4.74 Å². The smallest absolute Gasteiger partial charge is 0.255 e. The number of carbonyl (C=O) groups excluding carboxylic acids is 2. The first-order valence-corrected chi connectivity index (χ1v) is 8.55. The molecule has 3 rings (SSSR count). The molecule has 0 bridgehead atoms. The molecule has 1 heterocycles. The van der Waals surface area contributed by atoms with Crippen molar-refractivity contribution in [2.24, 2.45) is 5.92 Å². The summed E-state index contributed by atoms with van der Waals surface area (Å²) in [5.74, 6) is -0.285. The number of benzene rings is 2. The number of hydrogen-bond acceptors (Lipinski definition) is 3. The van der Waals surface area contributed by atoms with E-state index in [2.05, 4.69) is 10.6 Å². The molecule has 0 unspecified atom stereocenters. The summed E-state index contributed by atoms with van der Waals surface area (Å²) in [6, 6.07) is 10.8. The van der Waals surface area contributed by atoms with Crippen LogP contribution in [0.2, 0.25) is 0 Å². The average molecular weight is 356 g/mol. The maximum atomic E-state index is 13.0. The van der Waals surface area contributed by atoms with E-state index in [1.807, 2.05) is 19.9 Å². The number of anilines is 1. The third-order valence-corrected chi connectivity index (χ3v) is 4.13. The number of nitrogens with one attached hydrogen (secondary N) is 2. The van der Waals surface area contributed by atoms with Crippen molar-refractivity contribution < 1.29 is 18.7 Å². The highest BCUT2D eigenvalue weighted by Crippen LogP contribution is 2.30. The van der Waals surface area contributed by atoms with Crippen LogP contribution in [0.15, 0.2) is 42.5 Å². The molecule has 1 aliphatic rings. The average Bonchev–Trinajstić information content (AvgIpc) is 2.61. The maximum Gasteiger partial charge on any atom is 0.255 e. The van der Waals surface area contributed by atoms with Gasteiger partial charge in [0.25, 0.3) is 5.91 Å². The highest BCUT2D eigenvalue weighted by Gasteiger charge is 2.26. The van der Waals surface area contributed by atoms with E-state index in [-0.39, 0.29) is 23.8 Å². The van der Waals surface area contributed by atoms with Gasteiger partial charge in [-0.1, -0.05) is 0 Å². The fraction of sp³-hybridized carbons (Fsp3) is 0.300. The summed E-state index contributed by atoms with van der Waals surface area (Å²) >= 11 is 0. The minimum absolute atomic E-state index is 0.0357. The van der Waals surface area contributed by atoms with Gasteiger partial charge in [-0.3, -0.25) is 9.59 Å². The van der Waals surface area contributed by atoms with Crippen molar-refractivity contribution in [1.29, 1.82) is 0 Å². The molecular formula is C20H21FN2O3. The predicted octanol–water partition coefficient (Wildman–Crippen LogP) is 3.15. The van der Waals surface area contributed by atoms with Gasteiger partial charge in [0.05, 0.1) is 5.92 Å². The number of ether oxygens (including phenoxy) is 1. The summed E-state index contributed by atoms with van der Waals surface area (Å²) < 4.78 is 18.6. The Kier molecular flexibility index (Phi) is 5.21. The lowest BCUT2D eigenvalue weighted by Gasteiger charge is -2.26. The Bertz CT molecular complexity index is 818. The van der Waals surface area contributed by atoms with Gasteiger partial charge >= 0.3 is 0 Å². The quantitative estimate of drug-likeness (QED) is 0.884. The summed E-state index contributed by atoms with van der Waals surface area (Å²) in [5.41, 5.74) is 1.85. The number of fused-ring (bicyclic) bond motifs is 1. The minimum Gasteiger partial charge on any atom is -0.492 e. The Balaban J connectivity index is 1.71. The van der Waals surface area contributed by atoms with Gasteiger partial charge in [0.2, 0.25) is 5.91 Å². The van der Waals surface area contributed by atoms with E-state index < -0.39 is 5.82 Å². The van der Waals surface area contributed by atoms with Gasteiger partial charge in [-0.05, 0) is 68.3 Å². The van der Waals surface area contributed by atoms with E-state index >= 15 is 0 Å². The molecule has 0 saturated carbocycles. The van der Waals surface area contributed by atoms with Crippen LogP contribution in [0.25, 0.3) is 0 Å². The normalized spacial score (nSPS) is 15.8. The largest absolute Gasteiger partial charge is 0.492 e. The molecule has 1 atom stereocenters. The molecule has 2 amide bonds. The van der Waals surface area contributed by atoms with Crippen molar-refractivity contribution in [1.82, 2.24) is 5.32 Å². The Morgan fingerprint density at radius 2 is 1.88 bits per heavy atom. The van der Waals surface area contributed by atoms with E-state index in [1.165, 1.54) is 24.3 Å². The second-order valence-electron chi connectivity index (χ2n) is 6.66. The molecule has 0 fully saturated rings. The molecule has 6 heteroatoms. The Labute approximate surface area is 151 Å². The summed E-state index contributed by atoms with van der Waals surface area (Å²) in [5, 5.41) is 5.68. The maximum absolute atomic E-state index is 13.0. The third-order valence-electron chi connectivity index (χ3n) is 4.13. The van der Waals surface area contributed by atoms with Crippen molar-refractivity contribution in [2.75, 3.05) is 11.9 Å². The summed E-state index contributed by atoms with van der Waals surface area (Å²) in [6.07, 6.45) is 0.550. The highest BCUT2D eigenvalue weighted by atomic mass is 19.1. The molecular weight excluding hydrogens is 335 g/mol. The van der Waals surface area contributed by atoms with Crippen LogP contribution in [-0.2, 0) is 11.2 Å². The predicted molar refractivity (Wildman–Crippen MR) is 96.8 cm³/mol.